The molecule has 2 fully saturated rings. The molecule has 0 saturated heterocycles. The van der Waals surface area contributed by atoms with Crippen molar-refractivity contribution in [2.45, 2.75) is 38.5 Å². The lowest BCUT2D eigenvalue weighted by molar-refractivity contribution is 0.0659. The van der Waals surface area contributed by atoms with Gasteiger partial charge in [-0.2, -0.15) is 0 Å². The number of nitrogens with zero attached hydrogens (tertiary/aromatic N) is 1. The third-order valence-electron chi connectivity index (χ3n) is 3.95. The zero-order valence-electron chi connectivity index (χ0n) is 9.27. The number of rotatable bonds is 2. The zero-order chi connectivity index (χ0) is 11.3. The van der Waals surface area contributed by atoms with Gasteiger partial charge in [0.15, 0.2) is 5.89 Å². The SMILES string of the molecule is Cc1nc(C2C3CCCCC32)oc1C(=O)O. The second-order valence-electron chi connectivity index (χ2n) is 4.91. The molecular formula is C12H15NO3. The summed E-state index contributed by atoms with van der Waals surface area (Å²) >= 11 is 0. The lowest BCUT2D eigenvalue weighted by atomic mass is 10.0. The number of carboxylic acid groups (broad SMARTS) is 1. The van der Waals surface area contributed by atoms with Crippen LogP contribution < -0.4 is 0 Å². The Bertz CT molecular complexity index is 425. The molecule has 0 spiro atoms. The summed E-state index contributed by atoms with van der Waals surface area (Å²) in [5.41, 5.74) is 0.506. The third-order valence-corrected chi connectivity index (χ3v) is 3.95. The highest BCUT2D eigenvalue weighted by Gasteiger charge is 2.54. The highest BCUT2D eigenvalue weighted by Crippen LogP contribution is 2.60. The number of hydrogen-bond acceptors (Lipinski definition) is 3. The smallest absolute Gasteiger partial charge is 0.373 e. The molecule has 1 aromatic heterocycles. The van der Waals surface area contributed by atoms with Crippen molar-refractivity contribution in [1.29, 1.82) is 0 Å². The van der Waals surface area contributed by atoms with E-state index in [4.69, 9.17) is 9.52 Å². The average Bonchev–Trinajstić information content (AvgIpc) is 2.86. The molecule has 1 aromatic rings. The van der Waals surface area contributed by atoms with Crippen LogP contribution in [0.25, 0.3) is 0 Å². The second kappa shape index (κ2) is 3.34. The predicted octanol–water partition coefficient (Wildman–Crippen LogP) is 2.58. The molecule has 2 aliphatic rings. The van der Waals surface area contributed by atoms with Gasteiger partial charge < -0.3 is 9.52 Å². The van der Waals surface area contributed by atoms with E-state index in [1.807, 2.05) is 0 Å². The first kappa shape index (κ1) is 9.87. The van der Waals surface area contributed by atoms with E-state index in [-0.39, 0.29) is 5.76 Å². The first-order valence-electron chi connectivity index (χ1n) is 5.89. The summed E-state index contributed by atoms with van der Waals surface area (Å²) in [5, 5.41) is 8.91. The van der Waals surface area contributed by atoms with Crippen LogP contribution in [-0.4, -0.2) is 16.1 Å². The van der Waals surface area contributed by atoms with Crippen molar-refractivity contribution in [1.82, 2.24) is 4.98 Å². The molecule has 1 heterocycles. The maximum atomic E-state index is 10.9. The molecule has 2 unspecified atom stereocenters. The molecule has 86 valence electrons. The Labute approximate surface area is 93.7 Å². The van der Waals surface area contributed by atoms with Crippen molar-refractivity contribution in [2.24, 2.45) is 11.8 Å². The van der Waals surface area contributed by atoms with Crippen LogP contribution in [-0.2, 0) is 0 Å². The Morgan fingerprint density at radius 3 is 2.50 bits per heavy atom. The summed E-state index contributed by atoms with van der Waals surface area (Å²) in [7, 11) is 0. The van der Waals surface area contributed by atoms with E-state index in [9.17, 15) is 4.79 Å². The molecule has 4 nitrogen and oxygen atoms in total. The molecule has 2 saturated carbocycles. The Balaban J connectivity index is 1.86. The molecule has 4 heteroatoms. The first-order valence-corrected chi connectivity index (χ1v) is 5.89. The van der Waals surface area contributed by atoms with Gasteiger partial charge in [0.1, 0.15) is 0 Å². The van der Waals surface area contributed by atoms with E-state index < -0.39 is 5.97 Å². The summed E-state index contributed by atoms with van der Waals surface area (Å²) < 4.78 is 5.38. The van der Waals surface area contributed by atoms with Gasteiger partial charge in [-0.1, -0.05) is 12.8 Å². The van der Waals surface area contributed by atoms with E-state index in [2.05, 4.69) is 4.98 Å². The van der Waals surface area contributed by atoms with Crippen molar-refractivity contribution in [3.05, 3.63) is 17.3 Å². The number of carboxylic acids is 1. The fraction of sp³-hybridized carbons (Fsp3) is 0.667. The van der Waals surface area contributed by atoms with Gasteiger partial charge >= 0.3 is 5.97 Å². The second-order valence-corrected chi connectivity index (χ2v) is 4.91. The highest BCUT2D eigenvalue weighted by molar-refractivity contribution is 5.85. The van der Waals surface area contributed by atoms with Crippen LogP contribution in [0.2, 0.25) is 0 Å². The highest BCUT2D eigenvalue weighted by atomic mass is 16.4. The van der Waals surface area contributed by atoms with Gasteiger partial charge in [0.25, 0.3) is 0 Å². The fourth-order valence-corrected chi connectivity index (χ4v) is 3.12. The summed E-state index contributed by atoms with van der Waals surface area (Å²) in [4.78, 5) is 15.1. The van der Waals surface area contributed by atoms with Gasteiger partial charge in [0.05, 0.1) is 5.69 Å². The minimum Gasteiger partial charge on any atom is -0.475 e. The van der Waals surface area contributed by atoms with Crippen LogP contribution in [0, 0.1) is 18.8 Å². The number of aromatic carboxylic acids is 1. The molecule has 2 atom stereocenters. The predicted molar refractivity (Wildman–Crippen MR) is 56.4 cm³/mol. The molecule has 0 bridgehead atoms. The van der Waals surface area contributed by atoms with Gasteiger partial charge in [-0.3, -0.25) is 0 Å². The summed E-state index contributed by atoms with van der Waals surface area (Å²) in [6.45, 7) is 1.70. The number of hydrogen-bond donors (Lipinski definition) is 1. The standard InChI is InChI=1S/C12H15NO3/c1-6-10(12(14)15)16-11(13-6)9-7-4-2-3-5-8(7)9/h7-9H,2-5H2,1H3,(H,14,15). The van der Waals surface area contributed by atoms with Crippen molar-refractivity contribution in [3.8, 4) is 0 Å². The average molecular weight is 221 g/mol. The maximum Gasteiger partial charge on any atom is 0.373 e. The topological polar surface area (TPSA) is 63.3 Å². The van der Waals surface area contributed by atoms with Crippen LogP contribution in [0.15, 0.2) is 4.42 Å². The van der Waals surface area contributed by atoms with Crippen LogP contribution in [0.3, 0.4) is 0 Å². The minimum atomic E-state index is -1.01. The number of aryl methyl sites for hydroxylation is 1. The van der Waals surface area contributed by atoms with E-state index in [1.54, 1.807) is 6.92 Å². The molecule has 16 heavy (non-hydrogen) atoms. The van der Waals surface area contributed by atoms with Crippen molar-refractivity contribution < 1.29 is 14.3 Å². The van der Waals surface area contributed by atoms with Crippen molar-refractivity contribution in [2.75, 3.05) is 0 Å². The van der Waals surface area contributed by atoms with Gasteiger partial charge in [0, 0.05) is 5.92 Å². The van der Waals surface area contributed by atoms with Crippen LogP contribution in [0.5, 0.6) is 0 Å². The molecule has 0 aromatic carbocycles. The van der Waals surface area contributed by atoms with E-state index >= 15 is 0 Å². The molecule has 2 aliphatic carbocycles. The maximum absolute atomic E-state index is 10.9. The molecule has 0 amide bonds. The third kappa shape index (κ3) is 1.36. The fourth-order valence-electron chi connectivity index (χ4n) is 3.12. The van der Waals surface area contributed by atoms with E-state index in [0.29, 0.717) is 29.3 Å². The lowest BCUT2D eigenvalue weighted by Crippen LogP contribution is -1.95. The van der Waals surface area contributed by atoms with Crippen molar-refractivity contribution in [3.63, 3.8) is 0 Å². The summed E-state index contributed by atoms with van der Waals surface area (Å²) in [6.07, 6.45) is 5.09. The monoisotopic (exact) mass is 221 g/mol. The number of carbonyl (C=O) groups is 1. The largest absolute Gasteiger partial charge is 0.475 e. The van der Waals surface area contributed by atoms with Gasteiger partial charge in [0.2, 0.25) is 5.76 Å². The van der Waals surface area contributed by atoms with Gasteiger partial charge in [-0.05, 0) is 31.6 Å². The first-order chi connectivity index (χ1) is 7.68. The Kier molecular flexibility index (Phi) is 2.06. The van der Waals surface area contributed by atoms with Gasteiger partial charge in [-0.25, -0.2) is 9.78 Å². The molecule has 0 aliphatic heterocycles. The summed E-state index contributed by atoms with van der Waals surface area (Å²) in [5.74, 6) is 1.46. The lowest BCUT2D eigenvalue weighted by Gasteiger charge is -2.04. The number of aromatic nitrogens is 1. The van der Waals surface area contributed by atoms with Gasteiger partial charge in [-0.15, -0.1) is 0 Å². The minimum absolute atomic E-state index is 0.0126. The Morgan fingerprint density at radius 2 is 2.00 bits per heavy atom. The summed E-state index contributed by atoms with van der Waals surface area (Å²) in [6, 6.07) is 0. The Morgan fingerprint density at radius 1 is 1.38 bits per heavy atom. The normalized spacial score (nSPS) is 32.2. The Hall–Kier alpha value is -1.32. The number of fused-ring (bicyclic) bond motifs is 1. The zero-order valence-corrected chi connectivity index (χ0v) is 9.27. The quantitative estimate of drug-likeness (QED) is 0.833. The van der Waals surface area contributed by atoms with Crippen LogP contribution in [0.4, 0.5) is 0 Å². The van der Waals surface area contributed by atoms with Crippen LogP contribution in [0.1, 0.15) is 53.7 Å². The van der Waals surface area contributed by atoms with Crippen LogP contribution >= 0.6 is 0 Å². The van der Waals surface area contributed by atoms with Crippen molar-refractivity contribution >= 4 is 5.97 Å². The van der Waals surface area contributed by atoms with E-state index in [0.717, 1.165) is 0 Å². The van der Waals surface area contributed by atoms with E-state index in [1.165, 1.54) is 25.7 Å². The molecular weight excluding hydrogens is 206 g/mol. The molecule has 1 N–H and O–H groups in total. The molecule has 3 rings (SSSR count). The number of oxazole rings is 1. The molecule has 0 radical (unpaired) electrons.